The van der Waals surface area contributed by atoms with Crippen LogP contribution in [0, 0.1) is 13.8 Å². The predicted molar refractivity (Wildman–Crippen MR) is 128 cm³/mol. The molecule has 2 aliphatic heterocycles. The van der Waals surface area contributed by atoms with Crippen LogP contribution in [-0.2, 0) is 9.59 Å². The third-order valence-electron chi connectivity index (χ3n) is 6.72. The Balaban J connectivity index is 1.42. The van der Waals surface area contributed by atoms with Crippen LogP contribution in [0.4, 0.5) is 0 Å². The van der Waals surface area contributed by atoms with Crippen LogP contribution in [0.2, 0.25) is 0 Å². The SMILES string of the molecule is Cc1nn(-c2ccccc2)c(C)c1C1C(=O)NCCN1CC(=O)N1CCCC1c1cccs1. The lowest BCUT2D eigenvalue weighted by Gasteiger charge is -2.36. The summed E-state index contributed by atoms with van der Waals surface area (Å²) in [5.41, 5.74) is 3.59. The summed E-state index contributed by atoms with van der Waals surface area (Å²) in [4.78, 5) is 31.8. The lowest BCUT2D eigenvalue weighted by Crippen LogP contribution is -2.53. The van der Waals surface area contributed by atoms with Gasteiger partial charge >= 0.3 is 0 Å². The van der Waals surface area contributed by atoms with Crippen molar-refractivity contribution in [3.05, 3.63) is 69.7 Å². The number of hydrogen-bond donors (Lipinski definition) is 1. The number of thiophene rings is 1. The molecule has 2 aromatic heterocycles. The van der Waals surface area contributed by atoms with Crippen molar-refractivity contribution in [3.8, 4) is 5.69 Å². The number of amides is 2. The van der Waals surface area contributed by atoms with Gasteiger partial charge in [0, 0.05) is 35.8 Å². The maximum Gasteiger partial charge on any atom is 0.242 e. The number of likely N-dealkylation sites (tertiary alicyclic amines) is 1. The molecule has 2 aliphatic rings. The minimum absolute atomic E-state index is 0.0657. The van der Waals surface area contributed by atoms with Crippen molar-refractivity contribution in [2.24, 2.45) is 0 Å². The zero-order valence-electron chi connectivity index (χ0n) is 19.0. The van der Waals surface area contributed by atoms with Gasteiger partial charge in [-0.1, -0.05) is 24.3 Å². The number of para-hydroxylation sites is 1. The summed E-state index contributed by atoms with van der Waals surface area (Å²) >= 11 is 1.71. The van der Waals surface area contributed by atoms with E-state index in [9.17, 15) is 9.59 Å². The Bertz CT molecular complexity index is 1140. The van der Waals surface area contributed by atoms with Crippen LogP contribution >= 0.6 is 11.3 Å². The maximum atomic E-state index is 13.4. The van der Waals surface area contributed by atoms with Gasteiger partial charge in [-0.2, -0.15) is 5.10 Å². The summed E-state index contributed by atoms with van der Waals surface area (Å²) in [7, 11) is 0. The third-order valence-corrected chi connectivity index (χ3v) is 7.69. The molecular weight excluding hydrogens is 434 g/mol. The van der Waals surface area contributed by atoms with E-state index in [-0.39, 0.29) is 24.4 Å². The largest absolute Gasteiger partial charge is 0.353 e. The zero-order valence-corrected chi connectivity index (χ0v) is 19.8. The molecule has 5 rings (SSSR count). The number of aromatic nitrogens is 2. The Morgan fingerprint density at radius 1 is 1.15 bits per heavy atom. The highest BCUT2D eigenvalue weighted by molar-refractivity contribution is 7.10. The second-order valence-corrected chi connectivity index (χ2v) is 9.74. The van der Waals surface area contributed by atoms with Gasteiger partial charge in [0.15, 0.2) is 0 Å². The van der Waals surface area contributed by atoms with E-state index in [1.165, 1.54) is 4.88 Å². The number of hydrogen-bond acceptors (Lipinski definition) is 5. The van der Waals surface area contributed by atoms with E-state index in [4.69, 9.17) is 5.10 Å². The molecule has 0 radical (unpaired) electrons. The van der Waals surface area contributed by atoms with Crippen LogP contribution in [0.3, 0.4) is 0 Å². The molecular formula is C25H29N5O2S. The average Bonchev–Trinajstić information content (AvgIpc) is 3.56. The first-order chi connectivity index (χ1) is 16.0. The number of nitrogens with zero attached hydrogens (tertiary/aromatic N) is 4. The molecule has 1 aromatic carbocycles. The molecule has 3 aromatic rings. The lowest BCUT2D eigenvalue weighted by atomic mass is 10.00. The number of carbonyl (C=O) groups is 2. The second kappa shape index (κ2) is 9.11. The summed E-state index contributed by atoms with van der Waals surface area (Å²) < 4.78 is 1.89. The van der Waals surface area contributed by atoms with Gasteiger partial charge < -0.3 is 10.2 Å². The normalized spacial score (nSPS) is 21.4. The Kier molecular flexibility index (Phi) is 6.03. The highest BCUT2D eigenvalue weighted by Crippen LogP contribution is 2.35. The van der Waals surface area contributed by atoms with Gasteiger partial charge in [-0.15, -0.1) is 11.3 Å². The van der Waals surface area contributed by atoms with Gasteiger partial charge in [0.1, 0.15) is 6.04 Å². The summed E-state index contributed by atoms with van der Waals surface area (Å²) in [6, 6.07) is 13.7. The molecule has 0 spiro atoms. The molecule has 172 valence electrons. The molecule has 1 N–H and O–H groups in total. The number of aryl methyl sites for hydroxylation is 1. The van der Waals surface area contributed by atoms with E-state index < -0.39 is 6.04 Å². The van der Waals surface area contributed by atoms with E-state index in [0.29, 0.717) is 13.1 Å². The number of piperazine rings is 1. The van der Waals surface area contributed by atoms with Gasteiger partial charge in [-0.3, -0.25) is 14.5 Å². The van der Waals surface area contributed by atoms with Crippen LogP contribution in [0.5, 0.6) is 0 Å². The van der Waals surface area contributed by atoms with Crippen molar-refractivity contribution in [2.45, 2.75) is 38.8 Å². The second-order valence-electron chi connectivity index (χ2n) is 8.76. The molecule has 0 bridgehead atoms. The van der Waals surface area contributed by atoms with Crippen LogP contribution in [0.1, 0.15) is 46.8 Å². The smallest absolute Gasteiger partial charge is 0.242 e. The Labute approximate surface area is 198 Å². The van der Waals surface area contributed by atoms with Crippen LogP contribution in [0.25, 0.3) is 5.69 Å². The van der Waals surface area contributed by atoms with E-state index in [2.05, 4.69) is 16.8 Å². The first-order valence-corrected chi connectivity index (χ1v) is 12.4. The molecule has 4 heterocycles. The number of rotatable bonds is 5. The number of carbonyl (C=O) groups excluding carboxylic acids is 2. The van der Waals surface area contributed by atoms with E-state index in [1.54, 1.807) is 11.3 Å². The average molecular weight is 464 g/mol. The van der Waals surface area contributed by atoms with Gasteiger partial charge in [0.25, 0.3) is 0 Å². The van der Waals surface area contributed by atoms with Crippen molar-refractivity contribution in [2.75, 3.05) is 26.2 Å². The van der Waals surface area contributed by atoms with Gasteiger partial charge in [0.05, 0.1) is 24.0 Å². The Hall–Kier alpha value is -2.97. The molecule has 0 saturated carbocycles. The van der Waals surface area contributed by atoms with Gasteiger partial charge in [-0.05, 0) is 50.3 Å². The van der Waals surface area contributed by atoms with Crippen molar-refractivity contribution in [3.63, 3.8) is 0 Å². The van der Waals surface area contributed by atoms with Crippen LogP contribution in [-0.4, -0.2) is 57.6 Å². The van der Waals surface area contributed by atoms with E-state index >= 15 is 0 Å². The topological polar surface area (TPSA) is 70.5 Å². The first kappa shape index (κ1) is 21.9. The molecule has 2 amide bonds. The zero-order chi connectivity index (χ0) is 22.9. The maximum absolute atomic E-state index is 13.4. The van der Waals surface area contributed by atoms with Crippen molar-refractivity contribution >= 4 is 23.2 Å². The van der Waals surface area contributed by atoms with E-state index in [1.807, 2.05) is 64.7 Å². The first-order valence-electron chi connectivity index (χ1n) is 11.5. The molecule has 7 nitrogen and oxygen atoms in total. The predicted octanol–water partition coefficient (Wildman–Crippen LogP) is 3.39. The molecule has 2 atom stereocenters. The lowest BCUT2D eigenvalue weighted by molar-refractivity contribution is -0.137. The summed E-state index contributed by atoms with van der Waals surface area (Å²) in [5, 5.41) is 9.81. The van der Waals surface area contributed by atoms with Gasteiger partial charge in [-0.25, -0.2) is 4.68 Å². The van der Waals surface area contributed by atoms with Crippen molar-refractivity contribution in [1.29, 1.82) is 0 Å². The fraction of sp³-hybridized carbons (Fsp3) is 0.400. The highest BCUT2D eigenvalue weighted by Gasteiger charge is 2.38. The fourth-order valence-corrected chi connectivity index (χ4v) is 6.05. The monoisotopic (exact) mass is 463 g/mol. The molecule has 2 saturated heterocycles. The number of benzene rings is 1. The Morgan fingerprint density at radius 3 is 2.73 bits per heavy atom. The minimum atomic E-state index is -0.525. The third kappa shape index (κ3) is 4.09. The summed E-state index contributed by atoms with van der Waals surface area (Å²) in [6.07, 6.45) is 2.01. The fourth-order valence-electron chi connectivity index (χ4n) is 5.18. The summed E-state index contributed by atoms with van der Waals surface area (Å²) in [6.45, 7) is 6.12. The Morgan fingerprint density at radius 2 is 1.97 bits per heavy atom. The molecule has 8 heteroatoms. The van der Waals surface area contributed by atoms with Crippen LogP contribution < -0.4 is 5.32 Å². The highest BCUT2D eigenvalue weighted by atomic mass is 32.1. The molecule has 0 aliphatic carbocycles. The molecule has 33 heavy (non-hydrogen) atoms. The van der Waals surface area contributed by atoms with Crippen molar-refractivity contribution < 1.29 is 9.59 Å². The van der Waals surface area contributed by atoms with E-state index in [0.717, 1.165) is 42.0 Å². The standard InChI is InChI=1S/C25H29N5O2S/c1-17-23(18(2)30(27-17)19-8-4-3-5-9-19)24-25(32)26-12-14-28(24)16-22(31)29-13-6-10-20(29)21-11-7-15-33-21/h3-5,7-9,11,15,20,24H,6,10,12-14,16H2,1-2H3,(H,26,32). The van der Waals surface area contributed by atoms with Crippen LogP contribution in [0.15, 0.2) is 47.8 Å². The van der Waals surface area contributed by atoms with Gasteiger partial charge in [0.2, 0.25) is 11.8 Å². The van der Waals surface area contributed by atoms with Crippen molar-refractivity contribution in [1.82, 2.24) is 24.9 Å². The minimum Gasteiger partial charge on any atom is -0.353 e. The molecule has 2 unspecified atom stereocenters. The molecule has 2 fully saturated rings. The summed E-state index contributed by atoms with van der Waals surface area (Å²) in [5.74, 6) is 0.0282. The number of nitrogens with one attached hydrogen (secondary N) is 1. The quantitative estimate of drug-likeness (QED) is 0.630.